The Balaban J connectivity index is 1.86. The minimum absolute atomic E-state index is 0.00790. The number of halogens is 1. The number of hydrogen-bond acceptors (Lipinski definition) is 7. The summed E-state index contributed by atoms with van der Waals surface area (Å²) in [4.78, 5) is 20.4. The Morgan fingerprint density at radius 1 is 1.26 bits per heavy atom. The van der Waals surface area contributed by atoms with Gasteiger partial charge in [0.2, 0.25) is 11.2 Å². The van der Waals surface area contributed by atoms with E-state index in [4.69, 9.17) is 21.1 Å². The van der Waals surface area contributed by atoms with Crippen LogP contribution < -0.4 is 9.64 Å². The molecule has 120 valence electrons. The van der Waals surface area contributed by atoms with Gasteiger partial charge in [-0.1, -0.05) is 0 Å². The number of nitro benzene ring substituents is 1. The van der Waals surface area contributed by atoms with E-state index in [9.17, 15) is 10.1 Å². The first-order valence-electron chi connectivity index (χ1n) is 6.91. The van der Waals surface area contributed by atoms with Crippen LogP contribution in [0.5, 0.6) is 11.6 Å². The number of anilines is 1. The van der Waals surface area contributed by atoms with Gasteiger partial charge in [-0.3, -0.25) is 10.1 Å². The smallest absolute Gasteiger partial charge is 0.269 e. The fraction of sp³-hybridized carbons (Fsp3) is 0.286. The maximum absolute atomic E-state index is 10.7. The van der Waals surface area contributed by atoms with Crippen LogP contribution in [0.4, 0.5) is 11.4 Å². The molecule has 0 saturated carbocycles. The fourth-order valence-electron chi connectivity index (χ4n) is 2.18. The molecule has 8 nitrogen and oxygen atoms in total. The molecular formula is C14H13ClN4O4. The monoisotopic (exact) mass is 336 g/mol. The van der Waals surface area contributed by atoms with Gasteiger partial charge in [0.05, 0.1) is 24.3 Å². The number of aromatic nitrogens is 2. The number of nitrogens with zero attached hydrogens (tertiary/aromatic N) is 4. The number of ether oxygens (including phenoxy) is 2. The molecular weight excluding hydrogens is 324 g/mol. The third-order valence-corrected chi connectivity index (χ3v) is 3.50. The van der Waals surface area contributed by atoms with Crippen LogP contribution in [-0.4, -0.2) is 41.2 Å². The Hall–Kier alpha value is -2.45. The lowest BCUT2D eigenvalue weighted by Gasteiger charge is -2.29. The molecule has 1 aliphatic heterocycles. The Morgan fingerprint density at radius 2 is 1.96 bits per heavy atom. The van der Waals surface area contributed by atoms with E-state index in [0.717, 1.165) is 0 Å². The number of hydrogen-bond donors (Lipinski definition) is 0. The highest BCUT2D eigenvalue weighted by Crippen LogP contribution is 2.31. The van der Waals surface area contributed by atoms with Gasteiger partial charge in [0.15, 0.2) is 0 Å². The molecule has 0 atom stereocenters. The number of rotatable bonds is 4. The van der Waals surface area contributed by atoms with E-state index in [1.165, 1.54) is 24.3 Å². The molecule has 1 aromatic heterocycles. The topological polar surface area (TPSA) is 90.6 Å². The van der Waals surface area contributed by atoms with Crippen LogP contribution in [-0.2, 0) is 4.74 Å². The molecule has 1 aromatic carbocycles. The number of morpholine rings is 1. The maximum Gasteiger partial charge on any atom is 0.269 e. The zero-order valence-corrected chi connectivity index (χ0v) is 12.8. The Labute approximate surface area is 136 Å². The van der Waals surface area contributed by atoms with E-state index in [1.54, 1.807) is 6.20 Å². The molecule has 0 unspecified atom stereocenters. The maximum atomic E-state index is 10.7. The lowest BCUT2D eigenvalue weighted by Crippen LogP contribution is -2.36. The molecule has 0 amide bonds. The molecule has 23 heavy (non-hydrogen) atoms. The van der Waals surface area contributed by atoms with E-state index in [1.807, 2.05) is 4.90 Å². The first-order chi connectivity index (χ1) is 11.1. The second kappa shape index (κ2) is 6.76. The SMILES string of the molecule is O=[N+]([O-])c1ccc(Oc2nc(Cl)ncc2N2CCOCC2)cc1. The number of nitro groups is 1. The molecule has 1 fully saturated rings. The Bertz CT molecular complexity index is 704. The minimum atomic E-state index is -0.468. The molecule has 3 rings (SSSR count). The zero-order chi connectivity index (χ0) is 16.2. The van der Waals surface area contributed by atoms with E-state index < -0.39 is 4.92 Å². The van der Waals surface area contributed by atoms with Crippen molar-refractivity contribution in [1.82, 2.24) is 9.97 Å². The summed E-state index contributed by atoms with van der Waals surface area (Å²) in [5, 5.41) is 10.8. The summed E-state index contributed by atoms with van der Waals surface area (Å²) in [5.74, 6) is 0.737. The molecule has 9 heteroatoms. The van der Waals surface area contributed by atoms with Crippen LogP contribution in [0.2, 0.25) is 5.28 Å². The highest BCUT2D eigenvalue weighted by molar-refractivity contribution is 6.28. The van der Waals surface area contributed by atoms with Crippen molar-refractivity contribution < 1.29 is 14.4 Å². The predicted molar refractivity (Wildman–Crippen MR) is 83.2 cm³/mol. The van der Waals surface area contributed by atoms with Crippen molar-refractivity contribution in [3.8, 4) is 11.6 Å². The van der Waals surface area contributed by atoms with Crippen molar-refractivity contribution in [3.05, 3.63) is 45.9 Å². The largest absolute Gasteiger partial charge is 0.437 e. The standard InChI is InChI=1S/C14H13ClN4O4/c15-14-16-9-12(18-5-7-22-8-6-18)13(17-14)23-11-3-1-10(2-4-11)19(20)21/h1-4,9H,5-8H2. The summed E-state index contributed by atoms with van der Waals surface area (Å²) in [6.45, 7) is 2.61. The van der Waals surface area contributed by atoms with Gasteiger partial charge in [-0.2, -0.15) is 4.98 Å². The van der Waals surface area contributed by atoms with Crippen molar-refractivity contribution >= 4 is 23.0 Å². The minimum Gasteiger partial charge on any atom is -0.437 e. The van der Waals surface area contributed by atoms with Crippen LogP contribution in [0, 0.1) is 10.1 Å². The van der Waals surface area contributed by atoms with Crippen molar-refractivity contribution in [2.45, 2.75) is 0 Å². The van der Waals surface area contributed by atoms with Crippen LogP contribution in [0.15, 0.2) is 30.5 Å². The molecule has 0 bridgehead atoms. The van der Waals surface area contributed by atoms with Crippen molar-refractivity contribution in [2.24, 2.45) is 0 Å². The molecule has 1 saturated heterocycles. The third kappa shape index (κ3) is 3.66. The summed E-state index contributed by atoms with van der Waals surface area (Å²) in [6, 6.07) is 5.76. The summed E-state index contributed by atoms with van der Waals surface area (Å²) in [7, 11) is 0. The molecule has 0 spiro atoms. The first kappa shape index (κ1) is 15.4. The fourth-order valence-corrected chi connectivity index (χ4v) is 2.31. The van der Waals surface area contributed by atoms with Gasteiger partial charge in [0, 0.05) is 25.2 Å². The van der Waals surface area contributed by atoms with Crippen molar-refractivity contribution in [2.75, 3.05) is 31.2 Å². The highest BCUT2D eigenvalue weighted by Gasteiger charge is 2.19. The predicted octanol–water partition coefficient (Wildman–Crippen LogP) is 2.67. The Kier molecular flexibility index (Phi) is 4.54. The number of non-ortho nitro benzene ring substituents is 1. The van der Waals surface area contributed by atoms with Gasteiger partial charge in [0.25, 0.3) is 5.69 Å². The summed E-state index contributed by atoms with van der Waals surface area (Å²) >= 11 is 5.85. The number of benzene rings is 1. The zero-order valence-electron chi connectivity index (χ0n) is 12.0. The van der Waals surface area contributed by atoms with Gasteiger partial charge >= 0.3 is 0 Å². The van der Waals surface area contributed by atoms with Gasteiger partial charge < -0.3 is 14.4 Å². The molecule has 0 radical (unpaired) electrons. The van der Waals surface area contributed by atoms with E-state index in [2.05, 4.69) is 9.97 Å². The van der Waals surface area contributed by atoms with E-state index >= 15 is 0 Å². The average Bonchev–Trinajstić information content (AvgIpc) is 2.56. The normalized spacial score (nSPS) is 14.6. The molecule has 2 aromatic rings. The summed E-state index contributed by atoms with van der Waals surface area (Å²) < 4.78 is 11.1. The quantitative estimate of drug-likeness (QED) is 0.481. The van der Waals surface area contributed by atoms with Gasteiger partial charge in [-0.25, -0.2) is 4.98 Å². The first-order valence-corrected chi connectivity index (χ1v) is 7.29. The third-order valence-electron chi connectivity index (χ3n) is 3.32. The van der Waals surface area contributed by atoms with Gasteiger partial charge in [-0.15, -0.1) is 0 Å². The van der Waals surface area contributed by atoms with E-state index in [-0.39, 0.29) is 11.0 Å². The van der Waals surface area contributed by atoms with Crippen LogP contribution >= 0.6 is 11.6 Å². The molecule has 0 aliphatic carbocycles. The van der Waals surface area contributed by atoms with Crippen LogP contribution in [0.25, 0.3) is 0 Å². The highest BCUT2D eigenvalue weighted by atomic mass is 35.5. The van der Waals surface area contributed by atoms with Crippen molar-refractivity contribution in [3.63, 3.8) is 0 Å². The summed E-state index contributed by atoms with van der Waals surface area (Å²) in [6.07, 6.45) is 1.60. The second-order valence-corrected chi connectivity index (χ2v) is 5.12. The molecule has 2 heterocycles. The van der Waals surface area contributed by atoms with Crippen molar-refractivity contribution in [1.29, 1.82) is 0 Å². The lowest BCUT2D eigenvalue weighted by molar-refractivity contribution is -0.384. The Morgan fingerprint density at radius 3 is 2.61 bits per heavy atom. The van der Waals surface area contributed by atoms with Gasteiger partial charge in [0.1, 0.15) is 11.4 Å². The summed E-state index contributed by atoms with van der Waals surface area (Å²) in [5.41, 5.74) is 0.697. The lowest BCUT2D eigenvalue weighted by atomic mass is 10.3. The molecule has 1 aliphatic rings. The van der Waals surface area contributed by atoms with Gasteiger partial charge in [-0.05, 0) is 23.7 Å². The molecule has 0 N–H and O–H groups in total. The second-order valence-electron chi connectivity index (χ2n) is 4.78. The average molecular weight is 337 g/mol. The van der Waals surface area contributed by atoms with Crippen LogP contribution in [0.3, 0.4) is 0 Å². The van der Waals surface area contributed by atoms with Crippen LogP contribution in [0.1, 0.15) is 0 Å². The van der Waals surface area contributed by atoms with E-state index in [0.29, 0.717) is 43.6 Å².